The summed E-state index contributed by atoms with van der Waals surface area (Å²) in [5.74, 6) is 0. The lowest BCUT2D eigenvalue weighted by Gasteiger charge is -2.25. The van der Waals surface area contributed by atoms with Crippen molar-refractivity contribution in [1.82, 2.24) is 9.29 Å². The van der Waals surface area contributed by atoms with Crippen LogP contribution in [0.3, 0.4) is 0 Å². The van der Waals surface area contributed by atoms with Crippen molar-refractivity contribution in [3.63, 3.8) is 0 Å². The highest BCUT2D eigenvalue weighted by atomic mass is 35.6. The van der Waals surface area contributed by atoms with Crippen molar-refractivity contribution in [3.05, 3.63) is 36.0 Å². The summed E-state index contributed by atoms with van der Waals surface area (Å²) in [5.41, 5.74) is -4.66. The van der Waals surface area contributed by atoms with Gasteiger partial charge in [-0.1, -0.05) is 66.3 Å². The molecule has 146 valence electrons. The maximum absolute atomic E-state index is 12.8. The number of nitrogens with one attached hydrogen (secondary N) is 1. The highest BCUT2D eigenvalue weighted by Crippen LogP contribution is 2.44. The van der Waals surface area contributed by atoms with Gasteiger partial charge in [-0.25, -0.2) is 8.42 Å². The number of nitrogens with zero attached hydrogens (tertiary/aromatic N) is 1. The number of para-hydroxylation sites is 1. The molecule has 1 aromatic carbocycles. The Morgan fingerprint density at radius 2 is 1.81 bits per heavy atom. The molecule has 1 unspecified atom stereocenters. The lowest BCUT2D eigenvalue weighted by atomic mass is 10.1. The molecular formula is C15H16Cl3F3N2O2S. The third-order valence-corrected chi connectivity index (χ3v) is 5.60. The van der Waals surface area contributed by atoms with Crippen molar-refractivity contribution in [2.45, 2.75) is 41.7 Å². The fraction of sp³-hybridized carbons (Fsp3) is 0.467. The summed E-state index contributed by atoms with van der Waals surface area (Å²) < 4.78 is 62.5. The third kappa shape index (κ3) is 4.59. The second-order valence-corrected chi connectivity index (χ2v) is 9.76. The Kier molecular flexibility index (Phi) is 6.45. The quantitative estimate of drug-likeness (QED) is 0.607. The Morgan fingerprint density at radius 1 is 1.19 bits per heavy atom. The zero-order valence-electron chi connectivity index (χ0n) is 13.5. The van der Waals surface area contributed by atoms with Crippen LogP contribution in [-0.2, 0) is 16.6 Å². The second kappa shape index (κ2) is 7.75. The molecule has 2 rings (SSSR count). The number of alkyl halides is 6. The van der Waals surface area contributed by atoms with Crippen molar-refractivity contribution in [2.24, 2.45) is 0 Å². The average molecular weight is 452 g/mol. The molecule has 1 atom stereocenters. The smallest absolute Gasteiger partial charge is 0.347 e. The van der Waals surface area contributed by atoms with Crippen LogP contribution in [0.15, 0.2) is 30.5 Å². The highest BCUT2D eigenvalue weighted by molar-refractivity contribution is 7.90. The van der Waals surface area contributed by atoms with Gasteiger partial charge in [0.25, 0.3) is 0 Å². The third-order valence-electron chi connectivity index (χ3n) is 3.79. The largest absolute Gasteiger partial charge is 0.511 e. The Hall–Kier alpha value is -0.670. The van der Waals surface area contributed by atoms with Crippen LogP contribution in [0.25, 0.3) is 10.9 Å². The summed E-state index contributed by atoms with van der Waals surface area (Å²) in [5, 5.41) is 0.504. The Balaban J connectivity index is 2.60. The number of sulfonamides is 1. The van der Waals surface area contributed by atoms with E-state index in [0.29, 0.717) is 17.4 Å². The first-order valence-corrected chi connectivity index (χ1v) is 10.2. The highest BCUT2D eigenvalue weighted by Gasteiger charge is 2.50. The van der Waals surface area contributed by atoms with Crippen LogP contribution < -0.4 is 4.72 Å². The SMILES string of the molecule is CCCCn1cc(C(NS(=O)(=O)C(F)(F)F)C(Cl)(Cl)Cl)c2ccccc21. The van der Waals surface area contributed by atoms with Gasteiger partial charge in [0, 0.05) is 23.6 Å². The number of rotatable bonds is 6. The molecule has 1 aromatic heterocycles. The van der Waals surface area contributed by atoms with Crippen LogP contribution in [0, 0.1) is 0 Å². The van der Waals surface area contributed by atoms with E-state index in [9.17, 15) is 21.6 Å². The summed E-state index contributed by atoms with van der Waals surface area (Å²) in [6.07, 6.45) is 3.24. The maximum Gasteiger partial charge on any atom is 0.511 e. The van der Waals surface area contributed by atoms with Gasteiger partial charge in [0.05, 0.1) is 6.04 Å². The molecule has 0 bridgehead atoms. The monoisotopic (exact) mass is 450 g/mol. The summed E-state index contributed by atoms with van der Waals surface area (Å²) in [6.45, 7) is 2.59. The molecule has 0 aliphatic carbocycles. The Labute approximate surface area is 164 Å². The van der Waals surface area contributed by atoms with Gasteiger partial charge in [-0.05, 0) is 18.1 Å². The number of aromatic nitrogens is 1. The van der Waals surface area contributed by atoms with Crippen LogP contribution in [0.5, 0.6) is 0 Å². The number of hydrogen-bond acceptors (Lipinski definition) is 2. The minimum absolute atomic E-state index is 0.157. The summed E-state index contributed by atoms with van der Waals surface area (Å²) in [6, 6.07) is 5.12. The van der Waals surface area contributed by atoms with Crippen LogP contribution in [0.4, 0.5) is 13.2 Å². The predicted molar refractivity (Wildman–Crippen MR) is 98.0 cm³/mol. The first-order valence-electron chi connectivity index (χ1n) is 7.61. The first-order chi connectivity index (χ1) is 11.9. The minimum Gasteiger partial charge on any atom is -0.347 e. The van der Waals surface area contributed by atoms with E-state index in [4.69, 9.17) is 34.8 Å². The van der Waals surface area contributed by atoms with Gasteiger partial charge in [0.2, 0.25) is 3.79 Å². The average Bonchev–Trinajstić information content (AvgIpc) is 2.87. The molecule has 11 heteroatoms. The molecule has 0 aliphatic rings. The van der Waals surface area contributed by atoms with E-state index in [1.54, 1.807) is 28.8 Å². The molecule has 0 saturated heterocycles. The van der Waals surface area contributed by atoms with E-state index in [0.717, 1.165) is 12.8 Å². The molecule has 26 heavy (non-hydrogen) atoms. The van der Waals surface area contributed by atoms with Gasteiger partial charge in [-0.3, -0.25) is 0 Å². The molecule has 0 saturated carbocycles. The number of halogens is 6. The van der Waals surface area contributed by atoms with Gasteiger partial charge in [0.15, 0.2) is 0 Å². The van der Waals surface area contributed by atoms with E-state index < -0.39 is 25.4 Å². The molecule has 4 nitrogen and oxygen atoms in total. The molecule has 0 spiro atoms. The first kappa shape index (κ1) is 21.6. The zero-order valence-corrected chi connectivity index (χ0v) is 16.6. The van der Waals surface area contributed by atoms with Gasteiger partial charge < -0.3 is 4.57 Å². The lowest BCUT2D eigenvalue weighted by molar-refractivity contribution is -0.0450. The molecule has 2 aromatic rings. The molecule has 1 heterocycles. The predicted octanol–water partition coefficient (Wildman–Crippen LogP) is 5.29. The number of unbranched alkanes of at least 4 members (excludes halogenated alkanes) is 1. The fourth-order valence-electron chi connectivity index (χ4n) is 2.55. The van der Waals surface area contributed by atoms with Crippen LogP contribution in [-0.4, -0.2) is 22.3 Å². The van der Waals surface area contributed by atoms with E-state index in [-0.39, 0.29) is 5.56 Å². The van der Waals surface area contributed by atoms with Crippen LogP contribution in [0.2, 0.25) is 0 Å². The van der Waals surface area contributed by atoms with Gasteiger partial charge in [0.1, 0.15) is 0 Å². The Bertz CT molecular complexity index is 876. The summed E-state index contributed by atoms with van der Waals surface area (Å²) in [7, 11) is -5.72. The summed E-state index contributed by atoms with van der Waals surface area (Å²) in [4.78, 5) is 0. The normalized spacial score (nSPS) is 14.7. The van der Waals surface area contributed by atoms with Gasteiger partial charge >= 0.3 is 15.5 Å². The Morgan fingerprint density at radius 3 is 2.35 bits per heavy atom. The molecule has 1 N–H and O–H groups in total. The van der Waals surface area contributed by atoms with Crippen LogP contribution in [0.1, 0.15) is 31.4 Å². The number of fused-ring (bicyclic) bond motifs is 1. The van der Waals surface area contributed by atoms with E-state index >= 15 is 0 Å². The van der Waals surface area contributed by atoms with Crippen molar-refractivity contribution >= 4 is 55.7 Å². The topological polar surface area (TPSA) is 51.1 Å². The fourth-order valence-corrected chi connectivity index (χ4v) is 4.01. The maximum atomic E-state index is 12.8. The van der Waals surface area contributed by atoms with E-state index in [1.807, 2.05) is 6.92 Å². The molecule has 0 aliphatic heterocycles. The van der Waals surface area contributed by atoms with E-state index in [2.05, 4.69) is 0 Å². The molecular weight excluding hydrogens is 436 g/mol. The standard InChI is InChI=1S/C15H16Cl3F3N2O2S/c1-2-3-8-23-9-11(10-6-4-5-7-12(10)23)13(14(16,17)18)22-26(24,25)15(19,20)21/h4-7,9,13,22H,2-3,8H2,1H3. The minimum atomic E-state index is -5.72. The van der Waals surface area contributed by atoms with Crippen molar-refractivity contribution < 1.29 is 21.6 Å². The van der Waals surface area contributed by atoms with Crippen molar-refractivity contribution in [1.29, 1.82) is 0 Å². The second-order valence-electron chi connectivity index (χ2n) is 5.69. The number of aryl methyl sites for hydroxylation is 1. The van der Waals surface area contributed by atoms with Gasteiger partial charge in [-0.2, -0.15) is 17.9 Å². The van der Waals surface area contributed by atoms with Crippen molar-refractivity contribution in [3.8, 4) is 0 Å². The zero-order chi connectivity index (χ0) is 19.8. The lowest BCUT2D eigenvalue weighted by Crippen LogP contribution is -2.43. The van der Waals surface area contributed by atoms with E-state index in [1.165, 1.54) is 10.9 Å². The van der Waals surface area contributed by atoms with Crippen LogP contribution >= 0.6 is 34.8 Å². The van der Waals surface area contributed by atoms with Gasteiger partial charge in [-0.15, -0.1) is 0 Å². The summed E-state index contributed by atoms with van der Waals surface area (Å²) >= 11 is 17.5. The number of benzene rings is 1. The number of hydrogen-bond donors (Lipinski definition) is 1. The molecule has 0 radical (unpaired) electrons. The van der Waals surface area contributed by atoms with Crippen molar-refractivity contribution in [2.75, 3.05) is 0 Å². The molecule has 0 amide bonds. The molecule has 0 fully saturated rings.